The molecule has 0 spiro atoms. The Bertz CT molecular complexity index is 2230. The van der Waals surface area contributed by atoms with E-state index in [0.717, 1.165) is 5.56 Å². The number of ketones is 1. The van der Waals surface area contributed by atoms with Crippen molar-refractivity contribution in [3.63, 3.8) is 0 Å². The number of cyclic esters (lactones) is 1. The van der Waals surface area contributed by atoms with Crippen molar-refractivity contribution in [2.45, 2.75) is 198 Å². The molecule has 19 atom stereocenters. The predicted molar refractivity (Wildman–Crippen MR) is 274 cm³/mol. The normalized spacial score (nSPS) is 39.0. The van der Waals surface area contributed by atoms with E-state index >= 15 is 9.59 Å². The highest BCUT2D eigenvalue weighted by Gasteiger charge is 2.62. The number of aryl methyl sites for hydroxylation is 1. The number of likely N-dealkylation sites (N-methyl/N-ethyl adjacent to an activating group) is 1. The van der Waals surface area contributed by atoms with Crippen LogP contribution in [0.25, 0.3) is 0 Å². The third-order valence-corrected chi connectivity index (χ3v) is 17.3. The average molecular weight is 1080 g/mol. The number of aromatic nitrogens is 3. The van der Waals surface area contributed by atoms with Gasteiger partial charge < -0.3 is 57.0 Å². The molecule has 2 aromatic rings. The number of carbonyl (C=O) groups is 5. The van der Waals surface area contributed by atoms with Crippen molar-refractivity contribution in [3.8, 4) is 0 Å². The number of Topliss-reactive ketones (excluding diaryl/α,β-unsaturated/α-hetero) is 1. The third-order valence-electron chi connectivity index (χ3n) is 16.0. The van der Waals surface area contributed by atoms with E-state index in [1.54, 1.807) is 38.7 Å². The van der Waals surface area contributed by atoms with Crippen LogP contribution in [0.2, 0.25) is 0 Å². The average Bonchev–Trinajstić information content (AvgIpc) is 3.98. The summed E-state index contributed by atoms with van der Waals surface area (Å²) in [7, 11) is 6.82. The smallest absolute Gasteiger partial charge is 0.458 e. The number of rotatable bonds is 16. The Morgan fingerprint density at radius 2 is 1.55 bits per heavy atom. The zero-order valence-corrected chi connectivity index (χ0v) is 47.3. The maximum Gasteiger partial charge on any atom is 0.509 e. The van der Waals surface area contributed by atoms with Crippen molar-refractivity contribution in [2.24, 2.45) is 29.6 Å². The van der Waals surface area contributed by atoms with Gasteiger partial charge in [-0.3, -0.25) is 23.9 Å². The molecule has 0 N–H and O–H groups in total. The SMILES string of the molecule is CC[C@H]1OC(=O)[C@H](C)[C@@H](O[C@H]2C[C@@](C)(OC)[C@@H](OC(=O)OCc3ccccc3)[C@H](C)O2)[C@H](C)[C@@H](O[C@@H]2O[C@H](C)C[C@H](N(C)C)[C@H]2OC(C)=O)[C@](C)(OC)C[C@@H](C)C(=O)[C@H](C)[C@H]2[C@H](SCCn3cncn3)C(=O)O[C@@]21C. The first kappa shape index (κ1) is 60.0. The molecule has 4 fully saturated rings. The van der Waals surface area contributed by atoms with Crippen LogP contribution in [0, 0.1) is 29.6 Å². The van der Waals surface area contributed by atoms with E-state index in [1.807, 2.05) is 90.9 Å². The number of ether oxygens (including phenoxy) is 11. The van der Waals surface area contributed by atoms with Crippen molar-refractivity contribution in [3.05, 3.63) is 48.5 Å². The molecule has 5 heterocycles. The molecule has 0 aliphatic carbocycles. The fourth-order valence-corrected chi connectivity index (χ4v) is 13.3. The first-order chi connectivity index (χ1) is 35.4. The number of thioether (sulfide) groups is 1. The van der Waals surface area contributed by atoms with E-state index in [4.69, 9.17) is 52.1 Å². The Morgan fingerprint density at radius 1 is 0.867 bits per heavy atom. The zero-order chi connectivity index (χ0) is 55.2. The van der Waals surface area contributed by atoms with Gasteiger partial charge in [0.15, 0.2) is 30.4 Å². The molecule has 0 radical (unpaired) electrons. The Labute approximate surface area is 446 Å². The van der Waals surface area contributed by atoms with Gasteiger partial charge in [-0.2, -0.15) is 5.10 Å². The standard InChI is InChI=1S/C54H82N4O16S/c1-16-39-54(11)41(45(49(62)74-54)75-23-22-58-29-55-28-56-58)32(4)42(60)30(2)25-52(9,64-14)46(72-50-44(69-36(8)59)38(57(12)13)24-31(3)67-50)33(5)43(34(6)48(61)70-39)71-40-26-53(10,65-15)47(35(7)68-40)73-51(63)66-27-37-20-18-17-19-21-37/h17-21,28-35,38-41,43-47,50H,16,22-27H2,1-15H3/t30-,31-,32-,33+,34-,35+,38+,39-,40+,41+,43+,44-,45+,46-,47+,50+,52-,53-,54-/m1/s1. The Balaban J connectivity index is 1.41. The maximum atomic E-state index is 15.2. The lowest BCUT2D eigenvalue weighted by atomic mass is 9.70. The number of esters is 3. The molecule has 1 aromatic heterocycles. The van der Waals surface area contributed by atoms with Crippen molar-refractivity contribution in [2.75, 3.05) is 34.1 Å². The number of carbonyl (C=O) groups excluding carboxylic acids is 5. The molecule has 75 heavy (non-hydrogen) atoms. The highest BCUT2D eigenvalue weighted by atomic mass is 32.2. The van der Waals surface area contributed by atoms with Gasteiger partial charge in [-0.15, -0.1) is 11.8 Å². The van der Waals surface area contributed by atoms with Crippen LogP contribution in [0.15, 0.2) is 43.0 Å². The molecule has 0 amide bonds. The molecule has 420 valence electrons. The first-order valence-electron chi connectivity index (χ1n) is 26.2. The fraction of sp³-hybridized carbons (Fsp3) is 0.759. The Kier molecular flexibility index (Phi) is 20.4. The van der Waals surface area contributed by atoms with E-state index in [0.29, 0.717) is 18.7 Å². The van der Waals surface area contributed by atoms with E-state index in [-0.39, 0.29) is 43.8 Å². The van der Waals surface area contributed by atoms with Gasteiger partial charge in [0.2, 0.25) is 0 Å². The van der Waals surface area contributed by atoms with Gasteiger partial charge in [-0.05, 0) is 80.5 Å². The summed E-state index contributed by atoms with van der Waals surface area (Å²) in [4.78, 5) is 76.6. The van der Waals surface area contributed by atoms with Crippen LogP contribution in [0.1, 0.15) is 107 Å². The number of benzene rings is 1. The van der Waals surface area contributed by atoms with Crippen LogP contribution in [-0.2, 0) is 84.4 Å². The molecular formula is C54H82N4O16S. The lowest BCUT2D eigenvalue weighted by Crippen LogP contribution is -2.62. The molecule has 1 aromatic carbocycles. The van der Waals surface area contributed by atoms with Crippen LogP contribution in [0.4, 0.5) is 4.79 Å². The molecule has 0 unspecified atom stereocenters. The maximum absolute atomic E-state index is 15.2. The van der Waals surface area contributed by atoms with Gasteiger partial charge in [0.25, 0.3) is 0 Å². The van der Waals surface area contributed by atoms with Gasteiger partial charge in [-0.25, -0.2) is 9.78 Å². The molecule has 4 aliphatic rings. The van der Waals surface area contributed by atoms with E-state index in [9.17, 15) is 14.4 Å². The largest absolute Gasteiger partial charge is 0.509 e. The Hall–Kier alpha value is -4.22. The quantitative estimate of drug-likeness (QED) is 0.128. The van der Waals surface area contributed by atoms with Gasteiger partial charge in [0.05, 0.1) is 48.5 Å². The zero-order valence-electron chi connectivity index (χ0n) is 46.5. The second-order valence-corrected chi connectivity index (χ2v) is 23.0. The van der Waals surface area contributed by atoms with E-state index < -0.39 is 125 Å². The van der Waals surface area contributed by atoms with Crippen molar-refractivity contribution in [1.82, 2.24) is 19.7 Å². The summed E-state index contributed by atoms with van der Waals surface area (Å²) in [6.45, 7) is 19.8. The monoisotopic (exact) mass is 1070 g/mol. The molecule has 0 saturated carbocycles. The number of fused-ring (bicyclic) bond motifs is 1. The van der Waals surface area contributed by atoms with Crippen molar-refractivity contribution < 1.29 is 76.1 Å². The number of methoxy groups -OCH3 is 2. The van der Waals surface area contributed by atoms with Gasteiger partial charge >= 0.3 is 24.1 Å². The second kappa shape index (κ2) is 25.5. The molecule has 4 saturated heterocycles. The number of hydrogen-bond donors (Lipinski definition) is 0. The first-order valence-corrected chi connectivity index (χ1v) is 27.3. The minimum atomic E-state index is -1.42. The van der Waals surface area contributed by atoms with Crippen molar-refractivity contribution in [1.29, 1.82) is 0 Å². The van der Waals surface area contributed by atoms with E-state index in [2.05, 4.69) is 10.1 Å². The summed E-state index contributed by atoms with van der Waals surface area (Å²) in [6.07, 6.45) is -5.37. The predicted octanol–water partition coefficient (Wildman–Crippen LogP) is 6.58. The van der Waals surface area contributed by atoms with Gasteiger partial charge in [0.1, 0.15) is 42.0 Å². The highest BCUT2D eigenvalue weighted by molar-refractivity contribution is 8.00. The minimum absolute atomic E-state index is 0.00595. The van der Waals surface area contributed by atoms with Crippen LogP contribution in [0.5, 0.6) is 0 Å². The lowest BCUT2D eigenvalue weighted by molar-refractivity contribution is -0.320. The molecular weight excluding hydrogens is 993 g/mol. The van der Waals surface area contributed by atoms with Gasteiger partial charge in [0, 0.05) is 57.0 Å². The Morgan fingerprint density at radius 3 is 2.16 bits per heavy atom. The molecule has 0 bridgehead atoms. The molecule has 4 aliphatic heterocycles. The third kappa shape index (κ3) is 13.7. The lowest BCUT2D eigenvalue weighted by Gasteiger charge is -2.50. The van der Waals surface area contributed by atoms with Gasteiger partial charge in [-0.1, -0.05) is 58.0 Å². The minimum Gasteiger partial charge on any atom is -0.458 e. The summed E-state index contributed by atoms with van der Waals surface area (Å²) in [5.74, 6) is -5.50. The molecule has 6 rings (SSSR count). The van der Waals surface area contributed by atoms with Crippen LogP contribution < -0.4 is 0 Å². The summed E-state index contributed by atoms with van der Waals surface area (Å²) in [5, 5.41) is 3.41. The van der Waals surface area contributed by atoms with Crippen LogP contribution in [-0.4, -0.2) is 167 Å². The second-order valence-electron chi connectivity index (χ2n) is 21.7. The fourth-order valence-electron chi connectivity index (χ4n) is 11.9. The summed E-state index contributed by atoms with van der Waals surface area (Å²) in [6, 6.07) is 8.90. The summed E-state index contributed by atoms with van der Waals surface area (Å²) >= 11 is 1.36. The number of hydrogen-bond acceptors (Lipinski definition) is 20. The topological polar surface area (TPSA) is 221 Å². The van der Waals surface area contributed by atoms with Crippen LogP contribution in [0.3, 0.4) is 0 Å². The number of nitrogens with zero attached hydrogens (tertiary/aromatic N) is 4. The molecule has 21 heteroatoms. The summed E-state index contributed by atoms with van der Waals surface area (Å²) < 4.78 is 72.0. The van der Waals surface area contributed by atoms with Crippen LogP contribution >= 0.6 is 11.8 Å². The summed E-state index contributed by atoms with van der Waals surface area (Å²) in [5.41, 5.74) is -3.17. The molecule has 20 nitrogen and oxygen atoms in total. The van der Waals surface area contributed by atoms with E-state index in [1.165, 1.54) is 39.2 Å². The van der Waals surface area contributed by atoms with Crippen molar-refractivity contribution >= 4 is 41.6 Å². The highest BCUT2D eigenvalue weighted by Crippen LogP contribution is 2.50.